The number of nitrogens with one attached hydrogen (secondary N) is 1. The molecule has 0 saturated carbocycles. The Bertz CT molecular complexity index is 635. The largest absolute Gasteiger partial charge is 0.495 e. The minimum atomic E-state index is 0.195. The Hall–Kier alpha value is -2.41. The molecule has 1 aromatic heterocycles. The van der Waals surface area contributed by atoms with Gasteiger partial charge in [0.1, 0.15) is 23.5 Å². The van der Waals surface area contributed by atoms with Gasteiger partial charge >= 0.3 is 0 Å². The van der Waals surface area contributed by atoms with E-state index in [1.165, 1.54) is 20.5 Å². The molecule has 5 N–H and O–H groups in total. The van der Waals surface area contributed by atoms with Crippen LogP contribution < -0.4 is 26.3 Å². The van der Waals surface area contributed by atoms with Gasteiger partial charge in [0.05, 0.1) is 24.9 Å². The fourth-order valence-corrected chi connectivity index (χ4v) is 1.83. The van der Waals surface area contributed by atoms with Crippen LogP contribution >= 0.6 is 11.6 Å². The molecule has 8 heteroatoms. The van der Waals surface area contributed by atoms with Crippen LogP contribution in [0.5, 0.6) is 11.5 Å². The van der Waals surface area contributed by atoms with Crippen molar-refractivity contribution in [3.63, 3.8) is 0 Å². The van der Waals surface area contributed by atoms with E-state index < -0.39 is 0 Å². The molecule has 0 radical (unpaired) electrons. The third-order valence-electron chi connectivity index (χ3n) is 2.64. The van der Waals surface area contributed by atoms with E-state index in [4.69, 9.17) is 32.5 Å². The number of methoxy groups -OCH3 is 2. The first-order chi connectivity index (χ1) is 9.56. The Morgan fingerprint density at radius 1 is 1.10 bits per heavy atom. The summed E-state index contributed by atoms with van der Waals surface area (Å²) in [6, 6.07) is 3.31. The van der Waals surface area contributed by atoms with E-state index in [1.54, 1.807) is 12.1 Å². The topological polar surface area (TPSA) is 108 Å². The highest BCUT2D eigenvalue weighted by atomic mass is 35.5. The number of nitrogen functional groups attached to an aromatic ring is 2. The zero-order chi connectivity index (χ0) is 14.7. The fraction of sp³-hybridized carbons (Fsp3) is 0.167. The molecule has 0 aliphatic carbocycles. The number of nitrogens with two attached hydrogens (primary N) is 2. The molecule has 0 atom stereocenters. The van der Waals surface area contributed by atoms with Gasteiger partial charge in [-0.15, -0.1) is 0 Å². The maximum Gasteiger partial charge on any atom is 0.159 e. The third kappa shape index (κ3) is 2.62. The molecule has 1 heterocycles. The molecular formula is C12H14ClN5O2. The van der Waals surface area contributed by atoms with Crippen molar-refractivity contribution in [3.8, 4) is 11.5 Å². The van der Waals surface area contributed by atoms with Crippen molar-refractivity contribution in [1.82, 2.24) is 9.97 Å². The van der Waals surface area contributed by atoms with Crippen LogP contribution in [0.15, 0.2) is 18.5 Å². The standard InChI is InChI=1S/C12H14ClN5O2/c1-19-8-4-9(20-2)7(3-6(8)13)18-12-10(14)11(15)16-5-17-12/h3-5H,14H2,1-2H3,(H3,15,16,17,18). The molecule has 0 aliphatic heterocycles. The highest BCUT2D eigenvalue weighted by Gasteiger charge is 2.12. The molecule has 0 aliphatic rings. The van der Waals surface area contributed by atoms with Gasteiger partial charge < -0.3 is 26.3 Å². The first kappa shape index (κ1) is 14.0. The first-order valence-electron chi connectivity index (χ1n) is 5.61. The maximum absolute atomic E-state index is 6.09. The van der Waals surface area contributed by atoms with E-state index in [9.17, 15) is 0 Å². The van der Waals surface area contributed by atoms with Crippen LogP contribution in [0, 0.1) is 0 Å². The number of nitrogens with zero attached hydrogens (tertiary/aromatic N) is 2. The molecule has 0 saturated heterocycles. The zero-order valence-corrected chi connectivity index (χ0v) is 11.7. The van der Waals surface area contributed by atoms with Crippen molar-refractivity contribution in [2.75, 3.05) is 31.0 Å². The first-order valence-corrected chi connectivity index (χ1v) is 5.99. The van der Waals surface area contributed by atoms with Gasteiger partial charge in [-0.25, -0.2) is 9.97 Å². The van der Waals surface area contributed by atoms with E-state index in [0.29, 0.717) is 28.0 Å². The van der Waals surface area contributed by atoms with Gasteiger partial charge in [-0.1, -0.05) is 11.6 Å². The molecule has 2 rings (SSSR count). The van der Waals surface area contributed by atoms with Gasteiger partial charge in [0.15, 0.2) is 11.6 Å². The van der Waals surface area contributed by atoms with Crippen LogP contribution in [-0.2, 0) is 0 Å². The van der Waals surface area contributed by atoms with Crippen molar-refractivity contribution in [1.29, 1.82) is 0 Å². The summed E-state index contributed by atoms with van der Waals surface area (Å²) in [5, 5.41) is 3.43. The van der Waals surface area contributed by atoms with E-state index in [1.807, 2.05) is 0 Å². The lowest BCUT2D eigenvalue weighted by Crippen LogP contribution is -2.05. The van der Waals surface area contributed by atoms with Gasteiger partial charge in [-0.2, -0.15) is 0 Å². The zero-order valence-electron chi connectivity index (χ0n) is 11.0. The smallest absolute Gasteiger partial charge is 0.159 e. The Balaban J connectivity index is 2.42. The molecule has 0 amide bonds. The number of rotatable bonds is 4. The predicted octanol–water partition coefficient (Wildman–Crippen LogP) is 2.06. The second-order valence-corrected chi connectivity index (χ2v) is 4.24. The molecule has 106 valence electrons. The van der Waals surface area contributed by atoms with E-state index in [-0.39, 0.29) is 11.5 Å². The molecule has 0 fully saturated rings. The summed E-state index contributed by atoms with van der Waals surface area (Å²) in [5.74, 6) is 1.60. The Morgan fingerprint density at radius 2 is 1.80 bits per heavy atom. The normalized spacial score (nSPS) is 10.2. The van der Waals surface area contributed by atoms with Gasteiger partial charge in [0, 0.05) is 6.07 Å². The highest BCUT2D eigenvalue weighted by molar-refractivity contribution is 6.32. The van der Waals surface area contributed by atoms with Gasteiger partial charge in [-0.05, 0) is 6.07 Å². The summed E-state index contributed by atoms with van der Waals surface area (Å²) in [7, 11) is 3.06. The minimum Gasteiger partial charge on any atom is -0.495 e. The number of anilines is 4. The number of benzene rings is 1. The minimum absolute atomic E-state index is 0.195. The molecule has 2 aromatic rings. The van der Waals surface area contributed by atoms with Crippen LogP contribution in [0.25, 0.3) is 0 Å². The molecule has 0 bridgehead atoms. The average molecular weight is 296 g/mol. The lowest BCUT2D eigenvalue weighted by atomic mass is 10.2. The maximum atomic E-state index is 6.09. The number of hydrogen-bond donors (Lipinski definition) is 3. The summed E-state index contributed by atoms with van der Waals surface area (Å²) in [5.41, 5.74) is 12.3. The Labute approximate surface area is 120 Å². The monoisotopic (exact) mass is 295 g/mol. The molecule has 0 spiro atoms. The Morgan fingerprint density at radius 3 is 2.45 bits per heavy atom. The summed E-state index contributed by atoms with van der Waals surface area (Å²) >= 11 is 6.09. The third-order valence-corrected chi connectivity index (χ3v) is 2.94. The molecule has 0 unspecified atom stereocenters. The van der Waals surface area contributed by atoms with Crippen molar-refractivity contribution in [2.24, 2.45) is 0 Å². The van der Waals surface area contributed by atoms with Crippen molar-refractivity contribution >= 4 is 34.6 Å². The van der Waals surface area contributed by atoms with Gasteiger partial charge in [0.2, 0.25) is 0 Å². The summed E-state index contributed by atoms with van der Waals surface area (Å²) in [6.45, 7) is 0. The number of hydrogen-bond acceptors (Lipinski definition) is 7. The van der Waals surface area contributed by atoms with Gasteiger partial charge in [0.25, 0.3) is 0 Å². The number of ether oxygens (including phenoxy) is 2. The average Bonchev–Trinajstić information content (AvgIpc) is 2.44. The lowest BCUT2D eigenvalue weighted by molar-refractivity contribution is 0.396. The Kier molecular flexibility index (Phi) is 3.99. The summed E-state index contributed by atoms with van der Waals surface area (Å²) < 4.78 is 10.4. The molecule has 1 aromatic carbocycles. The quantitative estimate of drug-likeness (QED) is 0.792. The van der Waals surface area contributed by atoms with E-state index in [2.05, 4.69) is 15.3 Å². The molecule has 20 heavy (non-hydrogen) atoms. The van der Waals surface area contributed by atoms with Crippen molar-refractivity contribution < 1.29 is 9.47 Å². The van der Waals surface area contributed by atoms with Crippen molar-refractivity contribution in [3.05, 3.63) is 23.5 Å². The predicted molar refractivity (Wildman–Crippen MR) is 78.7 cm³/mol. The summed E-state index contributed by atoms with van der Waals surface area (Å²) in [4.78, 5) is 7.82. The van der Waals surface area contributed by atoms with Crippen LogP contribution in [0.2, 0.25) is 5.02 Å². The summed E-state index contributed by atoms with van der Waals surface area (Å²) in [6.07, 6.45) is 1.31. The highest BCUT2D eigenvalue weighted by Crippen LogP contribution is 2.38. The van der Waals surface area contributed by atoms with Crippen LogP contribution in [0.1, 0.15) is 0 Å². The second kappa shape index (κ2) is 5.70. The van der Waals surface area contributed by atoms with Gasteiger partial charge in [-0.3, -0.25) is 0 Å². The van der Waals surface area contributed by atoms with E-state index in [0.717, 1.165) is 0 Å². The van der Waals surface area contributed by atoms with Crippen molar-refractivity contribution in [2.45, 2.75) is 0 Å². The number of aromatic nitrogens is 2. The number of halogens is 1. The molecule has 7 nitrogen and oxygen atoms in total. The van der Waals surface area contributed by atoms with Crippen LogP contribution in [0.4, 0.5) is 23.0 Å². The van der Waals surface area contributed by atoms with E-state index >= 15 is 0 Å². The molecular weight excluding hydrogens is 282 g/mol. The SMILES string of the molecule is COc1cc(OC)c(Nc2ncnc(N)c2N)cc1Cl. The van der Waals surface area contributed by atoms with Crippen LogP contribution in [0.3, 0.4) is 0 Å². The lowest BCUT2D eigenvalue weighted by Gasteiger charge is -2.14. The second-order valence-electron chi connectivity index (χ2n) is 3.83. The fourth-order valence-electron chi connectivity index (χ4n) is 1.59. The van der Waals surface area contributed by atoms with Crippen LogP contribution in [-0.4, -0.2) is 24.2 Å².